The van der Waals surface area contributed by atoms with Gasteiger partial charge in [0.25, 0.3) is 0 Å². The number of aliphatic hydroxyl groups excluding tert-OH is 2. The van der Waals surface area contributed by atoms with Gasteiger partial charge in [-0.05, 0) is 44.9 Å². The summed E-state index contributed by atoms with van der Waals surface area (Å²) in [4.78, 5) is 26.2. The van der Waals surface area contributed by atoms with Crippen molar-refractivity contribution in [2.24, 2.45) is 0 Å². The van der Waals surface area contributed by atoms with Gasteiger partial charge in [-0.3, -0.25) is 9.59 Å². The van der Waals surface area contributed by atoms with Crippen molar-refractivity contribution in [3.63, 3.8) is 0 Å². The Morgan fingerprint density at radius 1 is 0.476 bits per heavy atom. The number of rotatable bonds is 49. The molecule has 0 aromatic rings. The molecular weight excluding hydrogens is 779 g/mol. The van der Waals surface area contributed by atoms with Crippen molar-refractivity contribution < 1.29 is 24.5 Å². The van der Waals surface area contributed by atoms with Crippen LogP contribution in [0.25, 0.3) is 0 Å². The lowest BCUT2D eigenvalue weighted by molar-refractivity contribution is -0.151. The average Bonchev–Trinajstić information content (AvgIpc) is 3.28. The lowest BCUT2D eigenvalue weighted by atomic mass is 10.0. The predicted molar refractivity (Wildman–Crippen MR) is 273 cm³/mol. The van der Waals surface area contributed by atoms with E-state index in [1.165, 1.54) is 167 Å². The Kier molecular flexibility index (Phi) is 49.1. The van der Waals surface area contributed by atoms with E-state index in [-0.39, 0.29) is 24.9 Å². The maximum Gasteiger partial charge on any atom is 0.306 e. The van der Waals surface area contributed by atoms with Crippen LogP contribution in [0, 0.1) is 0 Å². The molecule has 0 rings (SSSR count). The van der Waals surface area contributed by atoms with Gasteiger partial charge >= 0.3 is 5.97 Å². The maximum absolute atomic E-state index is 13.2. The molecule has 0 aromatic heterocycles. The molecule has 0 radical (unpaired) electrons. The van der Waals surface area contributed by atoms with E-state index in [0.29, 0.717) is 19.3 Å². The number of allylic oxidation sites excluding steroid dienone is 8. The molecule has 6 heteroatoms. The molecule has 3 N–H and O–H groups in total. The van der Waals surface area contributed by atoms with Crippen molar-refractivity contribution in [1.29, 1.82) is 0 Å². The lowest BCUT2D eigenvalue weighted by Gasteiger charge is -2.24. The normalized spacial score (nSPS) is 13.5. The van der Waals surface area contributed by atoms with E-state index in [2.05, 4.69) is 50.4 Å². The van der Waals surface area contributed by atoms with E-state index in [4.69, 9.17) is 4.74 Å². The van der Waals surface area contributed by atoms with Crippen molar-refractivity contribution in [2.75, 3.05) is 6.61 Å². The second kappa shape index (κ2) is 50.8. The number of ether oxygens (including phenoxy) is 1. The van der Waals surface area contributed by atoms with Gasteiger partial charge in [0.05, 0.1) is 25.2 Å². The molecule has 0 bridgehead atoms. The van der Waals surface area contributed by atoms with Crippen LogP contribution < -0.4 is 5.32 Å². The summed E-state index contributed by atoms with van der Waals surface area (Å²) in [5, 5.41) is 23.8. The Hall–Kier alpha value is -2.18. The SMILES string of the molecule is CC/C=C/C=C/C=C\C=C/CCCCCC(=O)OC(CCCCCCCCCCCCCCCC)CC(=O)NC(CO)C(O)CCCCCCCCCCCCCCCCCCC. The van der Waals surface area contributed by atoms with E-state index in [9.17, 15) is 19.8 Å². The molecule has 0 saturated heterocycles. The Bertz CT molecular complexity index is 1080. The zero-order chi connectivity index (χ0) is 45.9. The first kappa shape index (κ1) is 60.8. The molecule has 368 valence electrons. The van der Waals surface area contributed by atoms with Gasteiger partial charge in [0.1, 0.15) is 6.10 Å². The number of amides is 1. The molecular formula is C57H105NO5. The number of nitrogens with one attached hydrogen (secondary N) is 1. The lowest BCUT2D eigenvalue weighted by Crippen LogP contribution is -2.46. The summed E-state index contributed by atoms with van der Waals surface area (Å²) in [6, 6.07) is -0.708. The number of esters is 1. The highest BCUT2D eigenvalue weighted by molar-refractivity contribution is 5.77. The van der Waals surface area contributed by atoms with Gasteiger partial charge in [-0.2, -0.15) is 0 Å². The van der Waals surface area contributed by atoms with Crippen LogP contribution in [0.1, 0.15) is 278 Å². The minimum Gasteiger partial charge on any atom is -0.462 e. The molecule has 0 aliphatic rings. The zero-order valence-corrected chi connectivity index (χ0v) is 42.0. The van der Waals surface area contributed by atoms with Crippen LogP contribution in [-0.2, 0) is 14.3 Å². The molecule has 6 nitrogen and oxygen atoms in total. The van der Waals surface area contributed by atoms with Gasteiger partial charge in [-0.25, -0.2) is 0 Å². The molecule has 0 heterocycles. The highest BCUT2D eigenvalue weighted by atomic mass is 16.5. The molecule has 3 unspecified atom stereocenters. The molecule has 0 aromatic carbocycles. The minimum atomic E-state index is -0.794. The quantitative estimate of drug-likeness (QED) is 0.0321. The summed E-state index contributed by atoms with van der Waals surface area (Å²) in [6.07, 6.45) is 61.7. The fraction of sp³-hybridized carbons (Fsp3) is 0.825. The summed E-state index contributed by atoms with van der Waals surface area (Å²) in [6.45, 7) is 6.36. The number of unbranched alkanes of at least 4 members (excludes halogenated alkanes) is 32. The van der Waals surface area contributed by atoms with Gasteiger partial charge in [0.15, 0.2) is 0 Å². The first-order valence-electron chi connectivity index (χ1n) is 27.4. The van der Waals surface area contributed by atoms with Crippen LogP contribution >= 0.6 is 0 Å². The van der Waals surface area contributed by atoms with Crippen LogP contribution in [0.3, 0.4) is 0 Å². The van der Waals surface area contributed by atoms with Crippen LogP contribution in [0.4, 0.5) is 0 Å². The Balaban J connectivity index is 4.54. The van der Waals surface area contributed by atoms with Crippen molar-refractivity contribution in [2.45, 2.75) is 296 Å². The third kappa shape index (κ3) is 46.2. The van der Waals surface area contributed by atoms with Gasteiger partial charge in [-0.1, -0.05) is 268 Å². The predicted octanol–water partition coefficient (Wildman–Crippen LogP) is 16.6. The first-order valence-corrected chi connectivity index (χ1v) is 27.4. The average molecular weight is 884 g/mol. The van der Waals surface area contributed by atoms with Gasteiger partial charge in [-0.15, -0.1) is 0 Å². The third-order valence-electron chi connectivity index (χ3n) is 12.5. The van der Waals surface area contributed by atoms with Gasteiger partial charge in [0.2, 0.25) is 5.91 Å². The van der Waals surface area contributed by atoms with Crippen LogP contribution in [-0.4, -0.2) is 46.9 Å². The smallest absolute Gasteiger partial charge is 0.306 e. The van der Waals surface area contributed by atoms with Crippen molar-refractivity contribution in [1.82, 2.24) is 5.32 Å². The molecule has 0 saturated carbocycles. The van der Waals surface area contributed by atoms with E-state index in [1.54, 1.807) is 0 Å². The number of hydrogen-bond donors (Lipinski definition) is 3. The standard InChI is InChI=1S/C57H105NO5/c1-4-7-10-13-16-19-22-25-27-28-29-32-34-37-40-43-46-49-55(60)54(52-59)58-56(61)51-53(48-45-42-39-36-33-31-26-23-20-17-14-11-8-5-2)63-57(62)50-47-44-41-38-35-30-24-21-18-15-12-9-6-3/h9,12,15,18,21,24,30,35,53-55,59-60H,4-8,10-11,13-14,16-17,19-20,22-23,25-29,31-34,36-52H2,1-3H3,(H,58,61)/b12-9+,18-15+,24-21-,35-30-. The largest absolute Gasteiger partial charge is 0.462 e. The topological polar surface area (TPSA) is 95.9 Å². The zero-order valence-electron chi connectivity index (χ0n) is 42.0. The summed E-state index contributed by atoms with van der Waals surface area (Å²) >= 11 is 0. The molecule has 0 aliphatic heterocycles. The third-order valence-corrected chi connectivity index (χ3v) is 12.5. The van der Waals surface area contributed by atoms with Crippen LogP contribution in [0.5, 0.6) is 0 Å². The van der Waals surface area contributed by atoms with Crippen molar-refractivity contribution >= 4 is 11.9 Å². The number of aliphatic hydroxyl groups is 2. The number of carbonyl (C=O) groups is 2. The fourth-order valence-electron chi connectivity index (χ4n) is 8.38. The highest BCUT2D eigenvalue weighted by Gasteiger charge is 2.24. The fourth-order valence-corrected chi connectivity index (χ4v) is 8.38. The van der Waals surface area contributed by atoms with E-state index in [0.717, 1.165) is 64.2 Å². The minimum absolute atomic E-state index is 0.0644. The Morgan fingerprint density at radius 3 is 1.29 bits per heavy atom. The number of carbonyl (C=O) groups excluding carboxylic acids is 2. The van der Waals surface area contributed by atoms with E-state index in [1.807, 2.05) is 24.3 Å². The molecule has 3 atom stereocenters. The van der Waals surface area contributed by atoms with Gasteiger partial charge in [0, 0.05) is 6.42 Å². The summed E-state index contributed by atoms with van der Waals surface area (Å²) < 4.78 is 5.92. The summed E-state index contributed by atoms with van der Waals surface area (Å²) in [5.41, 5.74) is 0. The first-order chi connectivity index (χ1) is 31.0. The highest BCUT2D eigenvalue weighted by Crippen LogP contribution is 2.19. The Labute approximate surface area is 391 Å². The molecule has 0 spiro atoms. The summed E-state index contributed by atoms with van der Waals surface area (Å²) in [5.74, 6) is -0.509. The van der Waals surface area contributed by atoms with Crippen molar-refractivity contribution in [3.05, 3.63) is 48.6 Å². The molecule has 0 aliphatic carbocycles. The molecule has 63 heavy (non-hydrogen) atoms. The van der Waals surface area contributed by atoms with Crippen LogP contribution in [0.2, 0.25) is 0 Å². The molecule has 1 amide bonds. The van der Waals surface area contributed by atoms with Crippen molar-refractivity contribution in [3.8, 4) is 0 Å². The monoisotopic (exact) mass is 884 g/mol. The molecule has 0 fully saturated rings. The summed E-state index contributed by atoms with van der Waals surface area (Å²) in [7, 11) is 0. The van der Waals surface area contributed by atoms with Crippen LogP contribution in [0.15, 0.2) is 48.6 Å². The Morgan fingerprint density at radius 2 is 0.857 bits per heavy atom. The second-order valence-electron chi connectivity index (χ2n) is 18.7. The maximum atomic E-state index is 13.2. The number of hydrogen-bond acceptors (Lipinski definition) is 5. The second-order valence-corrected chi connectivity index (χ2v) is 18.7. The van der Waals surface area contributed by atoms with E-state index >= 15 is 0 Å². The van der Waals surface area contributed by atoms with E-state index < -0.39 is 18.2 Å². The van der Waals surface area contributed by atoms with Gasteiger partial charge < -0.3 is 20.3 Å².